The molecule has 0 atom stereocenters. The van der Waals surface area contributed by atoms with Crippen molar-refractivity contribution in [1.29, 1.82) is 0 Å². The summed E-state index contributed by atoms with van der Waals surface area (Å²) in [5.41, 5.74) is 0. The van der Waals surface area contributed by atoms with Crippen molar-refractivity contribution in [2.24, 2.45) is 0 Å². The van der Waals surface area contributed by atoms with E-state index in [1.165, 1.54) is 25.7 Å². The van der Waals surface area contributed by atoms with Crippen LogP contribution in [0.25, 0.3) is 0 Å². The fourth-order valence-corrected chi connectivity index (χ4v) is 3.89. The zero-order valence-corrected chi connectivity index (χ0v) is 12.1. The topological polar surface area (TPSA) is 54.2 Å². The van der Waals surface area contributed by atoms with Gasteiger partial charge in [-0.15, -0.1) is 0 Å². The summed E-state index contributed by atoms with van der Waals surface area (Å²) in [7, 11) is 0. The van der Waals surface area contributed by atoms with Gasteiger partial charge < -0.3 is 9.84 Å². The van der Waals surface area contributed by atoms with Crippen LogP contribution in [0.2, 0.25) is 0 Å². The summed E-state index contributed by atoms with van der Waals surface area (Å²) in [5, 5.41) is 8.25. The average molecular weight is 282 g/mol. The molecule has 106 valence electrons. The molecule has 1 aromatic heterocycles. The van der Waals surface area contributed by atoms with Crippen LogP contribution in [0.4, 0.5) is 0 Å². The van der Waals surface area contributed by atoms with Crippen molar-refractivity contribution in [3.63, 3.8) is 0 Å². The predicted molar refractivity (Wildman–Crippen MR) is 76.0 cm³/mol. The fraction of sp³-hybridized carbons (Fsp3) is 0.846. The normalized spacial score (nSPS) is 22.1. The lowest BCUT2D eigenvalue weighted by Crippen LogP contribution is -2.42. The molecule has 6 heteroatoms. The molecule has 1 saturated carbocycles. The third-order valence-corrected chi connectivity index (χ3v) is 5.20. The molecular formula is C13H22N4OS. The number of thioether (sulfide) groups is 1. The Morgan fingerprint density at radius 1 is 1.26 bits per heavy atom. The van der Waals surface area contributed by atoms with Crippen LogP contribution in [0, 0.1) is 0 Å². The highest BCUT2D eigenvalue weighted by atomic mass is 32.2. The van der Waals surface area contributed by atoms with E-state index in [9.17, 15) is 0 Å². The second-order valence-corrected chi connectivity index (χ2v) is 6.64. The number of hydrogen-bond acceptors (Lipinski definition) is 6. The second-order valence-electron chi connectivity index (χ2n) is 5.35. The third kappa shape index (κ3) is 3.94. The van der Waals surface area contributed by atoms with Crippen LogP contribution in [-0.2, 0) is 12.3 Å². The van der Waals surface area contributed by atoms with E-state index < -0.39 is 0 Å². The van der Waals surface area contributed by atoms with Gasteiger partial charge in [0.1, 0.15) is 0 Å². The van der Waals surface area contributed by atoms with Crippen LogP contribution < -0.4 is 5.32 Å². The smallest absolute Gasteiger partial charge is 0.240 e. The van der Waals surface area contributed by atoms with E-state index in [-0.39, 0.29) is 0 Å². The van der Waals surface area contributed by atoms with E-state index in [4.69, 9.17) is 4.52 Å². The van der Waals surface area contributed by atoms with E-state index in [0.29, 0.717) is 0 Å². The van der Waals surface area contributed by atoms with Crippen molar-refractivity contribution in [2.75, 3.05) is 26.2 Å². The lowest BCUT2D eigenvalue weighted by atomic mass is 10.3. The van der Waals surface area contributed by atoms with Gasteiger partial charge in [0.15, 0.2) is 5.82 Å². The standard InChI is InChI=1S/C13H22N4OS/c1-2-4-11(3-1)19-10-12-15-13(18-16-12)9-17-7-5-14-6-8-17/h11,14H,1-10H2. The molecule has 2 heterocycles. The van der Waals surface area contributed by atoms with Gasteiger partial charge in [0.25, 0.3) is 0 Å². The zero-order chi connectivity index (χ0) is 12.9. The van der Waals surface area contributed by atoms with Crippen molar-refractivity contribution in [1.82, 2.24) is 20.4 Å². The van der Waals surface area contributed by atoms with Gasteiger partial charge in [0.05, 0.1) is 12.3 Å². The first kappa shape index (κ1) is 13.4. The Labute approximate surface area is 118 Å². The summed E-state index contributed by atoms with van der Waals surface area (Å²) in [4.78, 5) is 6.86. The molecule has 3 rings (SSSR count). The van der Waals surface area contributed by atoms with Gasteiger partial charge in [-0.05, 0) is 12.8 Å². The summed E-state index contributed by atoms with van der Waals surface area (Å²) in [6, 6.07) is 0. The number of piperazine rings is 1. The molecule has 1 aliphatic heterocycles. The molecule has 0 radical (unpaired) electrons. The highest BCUT2D eigenvalue weighted by molar-refractivity contribution is 7.99. The van der Waals surface area contributed by atoms with Gasteiger partial charge in [-0.2, -0.15) is 16.7 Å². The number of rotatable bonds is 5. The Morgan fingerprint density at radius 2 is 2.05 bits per heavy atom. The van der Waals surface area contributed by atoms with Gasteiger partial charge in [-0.1, -0.05) is 18.0 Å². The van der Waals surface area contributed by atoms with Crippen molar-refractivity contribution >= 4 is 11.8 Å². The third-order valence-electron chi connectivity index (χ3n) is 3.83. The maximum Gasteiger partial charge on any atom is 0.240 e. The van der Waals surface area contributed by atoms with Crippen molar-refractivity contribution in [3.05, 3.63) is 11.7 Å². The Balaban J connectivity index is 1.45. The molecule has 19 heavy (non-hydrogen) atoms. The minimum absolute atomic E-state index is 0.768. The predicted octanol–water partition coefficient (Wildman–Crippen LogP) is 1.65. The highest BCUT2D eigenvalue weighted by Crippen LogP contribution is 2.30. The summed E-state index contributed by atoms with van der Waals surface area (Å²) in [6.45, 7) is 5.03. The quantitative estimate of drug-likeness (QED) is 0.886. The molecule has 1 aromatic rings. The highest BCUT2D eigenvalue weighted by Gasteiger charge is 2.18. The molecular weight excluding hydrogens is 260 g/mol. The van der Waals surface area contributed by atoms with Crippen LogP contribution in [0.15, 0.2) is 4.52 Å². The average Bonchev–Trinajstić information content (AvgIpc) is 3.09. The molecule has 0 spiro atoms. The van der Waals surface area contributed by atoms with E-state index in [1.807, 2.05) is 11.8 Å². The summed E-state index contributed by atoms with van der Waals surface area (Å²) >= 11 is 1.99. The van der Waals surface area contributed by atoms with Gasteiger partial charge in [0.2, 0.25) is 5.89 Å². The largest absolute Gasteiger partial charge is 0.338 e. The number of hydrogen-bond donors (Lipinski definition) is 1. The van der Waals surface area contributed by atoms with Gasteiger partial charge in [0, 0.05) is 31.4 Å². The Hall–Kier alpha value is -0.590. The van der Waals surface area contributed by atoms with Crippen LogP contribution in [0.5, 0.6) is 0 Å². The zero-order valence-electron chi connectivity index (χ0n) is 11.3. The monoisotopic (exact) mass is 282 g/mol. The van der Waals surface area contributed by atoms with E-state index in [1.54, 1.807) is 0 Å². The maximum absolute atomic E-state index is 5.35. The lowest BCUT2D eigenvalue weighted by Gasteiger charge is -2.25. The molecule has 2 aliphatic rings. The molecule has 0 unspecified atom stereocenters. The van der Waals surface area contributed by atoms with Crippen LogP contribution >= 0.6 is 11.8 Å². The van der Waals surface area contributed by atoms with E-state index in [0.717, 1.165) is 55.4 Å². The molecule has 0 amide bonds. The molecule has 5 nitrogen and oxygen atoms in total. The number of nitrogens with zero attached hydrogens (tertiary/aromatic N) is 3. The van der Waals surface area contributed by atoms with E-state index >= 15 is 0 Å². The second kappa shape index (κ2) is 6.72. The van der Waals surface area contributed by atoms with E-state index in [2.05, 4.69) is 20.4 Å². The first-order valence-corrected chi connectivity index (χ1v) is 8.31. The Bertz CT molecular complexity index is 386. The molecule has 1 saturated heterocycles. The van der Waals surface area contributed by atoms with Gasteiger partial charge >= 0.3 is 0 Å². The van der Waals surface area contributed by atoms with Crippen molar-refractivity contribution < 1.29 is 4.52 Å². The molecule has 2 fully saturated rings. The minimum atomic E-state index is 0.768. The lowest BCUT2D eigenvalue weighted by molar-refractivity contribution is 0.203. The fourth-order valence-electron chi connectivity index (χ4n) is 2.72. The first-order chi connectivity index (χ1) is 9.40. The number of aromatic nitrogens is 2. The van der Waals surface area contributed by atoms with Crippen molar-refractivity contribution in [3.8, 4) is 0 Å². The Morgan fingerprint density at radius 3 is 2.84 bits per heavy atom. The van der Waals surface area contributed by atoms with Gasteiger partial charge in [-0.3, -0.25) is 4.90 Å². The number of nitrogens with one attached hydrogen (secondary N) is 1. The maximum atomic E-state index is 5.35. The van der Waals surface area contributed by atoms with Gasteiger partial charge in [-0.25, -0.2) is 0 Å². The first-order valence-electron chi connectivity index (χ1n) is 7.26. The summed E-state index contributed by atoms with van der Waals surface area (Å²) in [6.07, 6.45) is 5.49. The molecule has 0 aromatic carbocycles. The minimum Gasteiger partial charge on any atom is -0.338 e. The van der Waals surface area contributed by atoms with Crippen LogP contribution in [0.1, 0.15) is 37.4 Å². The molecule has 1 N–H and O–H groups in total. The van der Waals surface area contributed by atoms with Crippen molar-refractivity contribution in [2.45, 2.75) is 43.2 Å². The summed E-state index contributed by atoms with van der Waals surface area (Å²) in [5.74, 6) is 2.53. The SMILES string of the molecule is C1CCC(SCc2noc(CN3CCNCC3)n2)C1. The van der Waals surface area contributed by atoms with Crippen LogP contribution in [0.3, 0.4) is 0 Å². The Kier molecular flexibility index (Phi) is 4.74. The van der Waals surface area contributed by atoms with Crippen LogP contribution in [-0.4, -0.2) is 46.5 Å². The molecule has 1 aliphatic carbocycles. The molecule has 0 bridgehead atoms. The summed E-state index contributed by atoms with van der Waals surface area (Å²) < 4.78 is 5.35.